The van der Waals surface area contributed by atoms with Crippen molar-refractivity contribution in [2.45, 2.75) is 45.7 Å². The quantitative estimate of drug-likeness (QED) is 0.475. The summed E-state index contributed by atoms with van der Waals surface area (Å²) < 4.78 is 26.2. The van der Waals surface area contributed by atoms with Crippen molar-refractivity contribution < 1.29 is 18.0 Å². The van der Waals surface area contributed by atoms with Gasteiger partial charge in [0.15, 0.2) is 0 Å². The molecule has 0 aliphatic rings. The molecule has 0 bridgehead atoms. The SMILES string of the molecule is CC[C@H](C(=O)NC(C)C)N(CCc1ccccc1)C(=O)CN(c1cc(Cl)ccc1Cl)S(C)(=O)=O. The molecule has 1 N–H and O–H groups in total. The lowest BCUT2D eigenvalue weighted by Gasteiger charge is -2.33. The predicted molar refractivity (Wildman–Crippen MR) is 138 cm³/mol. The third-order valence-corrected chi connectivity index (χ3v) is 6.84. The number of carbonyl (C=O) groups excluding carboxylic acids is 2. The lowest BCUT2D eigenvalue weighted by Crippen LogP contribution is -2.54. The Balaban J connectivity index is 2.40. The second kappa shape index (κ2) is 12.4. The molecule has 0 aromatic heterocycles. The van der Waals surface area contributed by atoms with Gasteiger partial charge in [-0.15, -0.1) is 0 Å². The molecule has 186 valence electrons. The molecule has 0 fully saturated rings. The van der Waals surface area contributed by atoms with Crippen LogP contribution in [0.3, 0.4) is 0 Å². The van der Waals surface area contributed by atoms with Gasteiger partial charge in [-0.1, -0.05) is 60.5 Å². The molecular formula is C24H31Cl2N3O4S. The van der Waals surface area contributed by atoms with Crippen LogP contribution in [-0.2, 0) is 26.0 Å². The summed E-state index contributed by atoms with van der Waals surface area (Å²) in [6.45, 7) is 5.23. The van der Waals surface area contributed by atoms with Crippen molar-refractivity contribution in [3.05, 3.63) is 64.1 Å². The van der Waals surface area contributed by atoms with E-state index in [1.807, 2.05) is 51.1 Å². The summed E-state index contributed by atoms with van der Waals surface area (Å²) in [6, 6.07) is 13.1. The van der Waals surface area contributed by atoms with Gasteiger partial charge in [0.2, 0.25) is 21.8 Å². The van der Waals surface area contributed by atoms with E-state index in [2.05, 4.69) is 5.32 Å². The molecule has 0 heterocycles. The van der Waals surface area contributed by atoms with Crippen LogP contribution in [0.5, 0.6) is 0 Å². The van der Waals surface area contributed by atoms with Crippen molar-refractivity contribution in [1.29, 1.82) is 0 Å². The number of carbonyl (C=O) groups is 2. The van der Waals surface area contributed by atoms with E-state index in [1.54, 1.807) is 0 Å². The van der Waals surface area contributed by atoms with Gasteiger partial charge in [0.05, 0.1) is 17.0 Å². The van der Waals surface area contributed by atoms with Gasteiger partial charge >= 0.3 is 0 Å². The molecule has 7 nitrogen and oxygen atoms in total. The van der Waals surface area contributed by atoms with Crippen LogP contribution >= 0.6 is 23.2 Å². The third-order valence-electron chi connectivity index (χ3n) is 5.16. The predicted octanol–water partition coefficient (Wildman–Crippen LogP) is 4.13. The van der Waals surface area contributed by atoms with Gasteiger partial charge in [-0.3, -0.25) is 13.9 Å². The highest BCUT2D eigenvalue weighted by Gasteiger charge is 2.32. The molecule has 2 rings (SSSR count). The second-order valence-electron chi connectivity index (χ2n) is 8.28. The number of rotatable bonds is 11. The molecule has 0 aliphatic carbocycles. The number of hydrogen-bond acceptors (Lipinski definition) is 4. The van der Waals surface area contributed by atoms with E-state index in [1.165, 1.54) is 23.1 Å². The van der Waals surface area contributed by atoms with E-state index in [9.17, 15) is 18.0 Å². The molecule has 2 aromatic carbocycles. The molecule has 0 saturated carbocycles. The fourth-order valence-corrected chi connectivity index (χ4v) is 4.84. The fourth-order valence-electron chi connectivity index (χ4n) is 3.55. The summed E-state index contributed by atoms with van der Waals surface area (Å²) in [4.78, 5) is 27.9. The Labute approximate surface area is 212 Å². The molecule has 2 amide bonds. The van der Waals surface area contributed by atoms with Gasteiger partial charge in [-0.05, 0) is 50.5 Å². The minimum Gasteiger partial charge on any atom is -0.352 e. The Morgan fingerprint density at radius 2 is 1.71 bits per heavy atom. The largest absolute Gasteiger partial charge is 0.352 e. The lowest BCUT2D eigenvalue weighted by atomic mass is 10.1. The first-order chi connectivity index (χ1) is 15.9. The summed E-state index contributed by atoms with van der Waals surface area (Å²) >= 11 is 12.3. The van der Waals surface area contributed by atoms with Crippen LogP contribution in [0.4, 0.5) is 5.69 Å². The summed E-state index contributed by atoms with van der Waals surface area (Å²) in [5.41, 5.74) is 1.10. The van der Waals surface area contributed by atoms with Gasteiger partial charge in [-0.25, -0.2) is 8.42 Å². The van der Waals surface area contributed by atoms with Crippen LogP contribution in [0, 0.1) is 0 Å². The van der Waals surface area contributed by atoms with E-state index < -0.39 is 28.5 Å². The van der Waals surface area contributed by atoms with Crippen molar-refractivity contribution in [2.75, 3.05) is 23.7 Å². The summed E-state index contributed by atoms with van der Waals surface area (Å²) in [5.74, 6) is -0.797. The van der Waals surface area contributed by atoms with Crippen molar-refractivity contribution in [3.8, 4) is 0 Å². The van der Waals surface area contributed by atoms with Gasteiger partial charge in [0, 0.05) is 17.6 Å². The summed E-state index contributed by atoms with van der Waals surface area (Å²) in [6.07, 6.45) is 1.87. The monoisotopic (exact) mass is 527 g/mol. The molecule has 0 unspecified atom stereocenters. The average molecular weight is 529 g/mol. The zero-order valence-electron chi connectivity index (χ0n) is 19.8. The van der Waals surface area contributed by atoms with Crippen molar-refractivity contribution in [1.82, 2.24) is 10.2 Å². The van der Waals surface area contributed by atoms with Crippen LogP contribution in [0.15, 0.2) is 48.5 Å². The maximum atomic E-state index is 13.5. The normalized spacial score (nSPS) is 12.3. The zero-order chi connectivity index (χ0) is 25.5. The molecule has 0 spiro atoms. The highest BCUT2D eigenvalue weighted by molar-refractivity contribution is 7.92. The summed E-state index contributed by atoms with van der Waals surface area (Å²) in [7, 11) is -3.88. The number of halogens is 2. The molecule has 0 aliphatic heterocycles. The van der Waals surface area contributed by atoms with E-state index in [0.29, 0.717) is 12.8 Å². The van der Waals surface area contributed by atoms with E-state index in [-0.39, 0.29) is 34.2 Å². The average Bonchev–Trinajstić information content (AvgIpc) is 2.76. The molecular weight excluding hydrogens is 497 g/mol. The van der Waals surface area contributed by atoms with Crippen LogP contribution < -0.4 is 9.62 Å². The number of hydrogen-bond donors (Lipinski definition) is 1. The standard InChI is InChI=1S/C24H31Cl2N3O4S/c1-5-21(24(31)27-17(2)3)28(14-13-18-9-7-6-8-10-18)23(30)16-29(34(4,32)33)22-15-19(25)11-12-20(22)26/h6-12,15,17,21H,5,13-14,16H2,1-4H3,(H,27,31)/t21-/m1/s1. The van der Waals surface area contributed by atoms with E-state index >= 15 is 0 Å². The topological polar surface area (TPSA) is 86.8 Å². The number of amides is 2. The molecule has 2 aromatic rings. The van der Waals surface area contributed by atoms with Gasteiger partial charge < -0.3 is 10.2 Å². The highest BCUT2D eigenvalue weighted by atomic mass is 35.5. The van der Waals surface area contributed by atoms with Gasteiger partial charge in [0.1, 0.15) is 12.6 Å². The smallest absolute Gasteiger partial charge is 0.244 e. The van der Waals surface area contributed by atoms with E-state index in [0.717, 1.165) is 16.1 Å². The Morgan fingerprint density at radius 3 is 2.26 bits per heavy atom. The van der Waals surface area contributed by atoms with Crippen molar-refractivity contribution in [3.63, 3.8) is 0 Å². The maximum absolute atomic E-state index is 13.5. The Bertz CT molecular complexity index is 1090. The Morgan fingerprint density at radius 1 is 1.06 bits per heavy atom. The number of benzene rings is 2. The molecule has 0 saturated heterocycles. The molecule has 10 heteroatoms. The number of nitrogens with zero attached hydrogens (tertiary/aromatic N) is 2. The zero-order valence-corrected chi connectivity index (χ0v) is 22.1. The first kappa shape index (κ1) is 28.0. The first-order valence-electron chi connectivity index (χ1n) is 11.0. The molecule has 1 atom stereocenters. The van der Waals surface area contributed by atoms with Crippen LogP contribution in [0.2, 0.25) is 10.0 Å². The maximum Gasteiger partial charge on any atom is 0.244 e. The Hall–Kier alpha value is -2.29. The number of anilines is 1. The molecule has 0 radical (unpaired) electrons. The lowest BCUT2D eigenvalue weighted by molar-refractivity contribution is -0.139. The van der Waals surface area contributed by atoms with Gasteiger partial charge in [0.25, 0.3) is 0 Å². The third kappa shape index (κ3) is 7.89. The second-order valence-corrected chi connectivity index (χ2v) is 11.0. The van der Waals surface area contributed by atoms with Crippen LogP contribution in [0.1, 0.15) is 32.8 Å². The first-order valence-corrected chi connectivity index (χ1v) is 13.6. The van der Waals surface area contributed by atoms with Crippen LogP contribution in [-0.4, -0.2) is 56.6 Å². The van der Waals surface area contributed by atoms with E-state index in [4.69, 9.17) is 23.2 Å². The minimum absolute atomic E-state index is 0.104. The number of nitrogens with one attached hydrogen (secondary N) is 1. The fraction of sp³-hybridized carbons (Fsp3) is 0.417. The van der Waals surface area contributed by atoms with Crippen molar-refractivity contribution >= 4 is 50.7 Å². The Kier molecular flexibility index (Phi) is 10.2. The summed E-state index contributed by atoms with van der Waals surface area (Å²) in [5, 5.41) is 3.28. The van der Waals surface area contributed by atoms with Crippen LogP contribution in [0.25, 0.3) is 0 Å². The number of sulfonamides is 1. The van der Waals surface area contributed by atoms with Gasteiger partial charge in [-0.2, -0.15) is 0 Å². The molecule has 34 heavy (non-hydrogen) atoms. The highest BCUT2D eigenvalue weighted by Crippen LogP contribution is 2.30. The minimum atomic E-state index is -3.88. The van der Waals surface area contributed by atoms with Crippen molar-refractivity contribution in [2.24, 2.45) is 0 Å².